The highest BCUT2D eigenvalue weighted by Gasteiger charge is 2.50. The van der Waals surface area contributed by atoms with Crippen LogP contribution in [0.15, 0.2) is 0 Å². The van der Waals surface area contributed by atoms with E-state index in [1.807, 2.05) is 0 Å². The summed E-state index contributed by atoms with van der Waals surface area (Å²) in [5, 5.41) is 0. The van der Waals surface area contributed by atoms with Crippen LogP contribution in [0, 0.1) is 23.2 Å². The molecule has 4 rings (SSSR count). The van der Waals surface area contributed by atoms with Gasteiger partial charge in [-0.1, -0.05) is 12.8 Å². The van der Waals surface area contributed by atoms with Crippen LogP contribution in [0.2, 0.25) is 0 Å². The summed E-state index contributed by atoms with van der Waals surface area (Å²) < 4.78 is 0. The van der Waals surface area contributed by atoms with E-state index in [-0.39, 0.29) is 0 Å². The lowest BCUT2D eigenvalue weighted by Crippen LogP contribution is -2.45. The lowest BCUT2D eigenvalue weighted by Gasteiger charge is -2.57. The van der Waals surface area contributed by atoms with Gasteiger partial charge in [-0.2, -0.15) is 0 Å². The summed E-state index contributed by atoms with van der Waals surface area (Å²) in [6, 6.07) is 0. The van der Waals surface area contributed by atoms with Crippen molar-refractivity contribution in [3.63, 3.8) is 0 Å². The zero-order valence-corrected chi connectivity index (χ0v) is 10.6. The Labute approximate surface area is 100 Å². The fourth-order valence-corrected chi connectivity index (χ4v) is 5.42. The van der Waals surface area contributed by atoms with Crippen molar-refractivity contribution in [1.29, 1.82) is 0 Å². The van der Waals surface area contributed by atoms with Crippen LogP contribution in [0.25, 0.3) is 0 Å². The average molecular weight is 221 g/mol. The lowest BCUT2D eigenvalue weighted by atomic mass is 9.48. The fourth-order valence-electron chi connectivity index (χ4n) is 5.42. The fraction of sp³-hybridized carbons (Fsp3) is 1.00. The molecule has 0 heterocycles. The minimum absolute atomic E-state index is 0.809. The molecule has 0 spiro atoms. The molecule has 16 heavy (non-hydrogen) atoms. The molecule has 4 aliphatic rings. The van der Waals surface area contributed by atoms with Crippen LogP contribution in [0.4, 0.5) is 0 Å². The molecule has 2 N–H and O–H groups in total. The van der Waals surface area contributed by atoms with Crippen LogP contribution in [0.5, 0.6) is 0 Å². The van der Waals surface area contributed by atoms with Gasteiger partial charge in [-0.15, -0.1) is 0 Å². The van der Waals surface area contributed by atoms with Gasteiger partial charge in [-0.3, -0.25) is 0 Å². The van der Waals surface area contributed by atoms with Crippen LogP contribution in [-0.4, -0.2) is 6.54 Å². The van der Waals surface area contributed by atoms with Crippen molar-refractivity contribution in [2.75, 3.05) is 6.54 Å². The summed E-state index contributed by atoms with van der Waals surface area (Å²) >= 11 is 0. The van der Waals surface area contributed by atoms with Gasteiger partial charge in [-0.05, 0) is 81.1 Å². The maximum Gasteiger partial charge on any atom is -0.00773 e. The van der Waals surface area contributed by atoms with Crippen molar-refractivity contribution in [2.24, 2.45) is 28.9 Å². The average Bonchev–Trinajstić information content (AvgIpc) is 2.22. The second-order valence-electron chi connectivity index (χ2n) is 7.02. The molecule has 4 bridgehead atoms. The second kappa shape index (κ2) is 4.33. The van der Waals surface area contributed by atoms with Crippen LogP contribution in [-0.2, 0) is 0 Å². The van der Waals surface area contributed by atoms with Crippen molar-refractivity contribution < 1.29 is 0 Å². The van der Waals surface area contributed by atoms with Crippen molar-refractivity contribution >= 4 is 0 Å². The molecule has 0 aromatic heterocycles. The molecule has 0 unspecified atom stereocenters. The molecule has 0 radical (unpaired) electrons. The van der Waals surface area contributed by atoms with Crippen molar-refractivity contribution in [2.45, 2.75) is 64.2 Å². The highest BCUT2D eigenvalue weighted by molar-refractivity contribution is 5.01. The predicted molar refractivity (Wildman–Crippen MR) is 68.1 cm³/mol. The van der Waals surface area contributed by atoms with Crippen LogP contribution < -0.4 is 5.73 Å². The first-order valence-electron chi connectivity index (χ1n) is 7.50. The Morgan fingerprint density at radius 3 is 1.88 bits per heavy atom. The maximum absolute atomic E-state index is 5.58. The van der Waals surface area contributed by atoms with Crippen LogP contribution in [0.3, 0.4) is 0 Å². The first kappa shape index (κ1) is 11.1. The Morgan fingerprint density at radius 2 is 1.38 bits per heavy atom. The third kappa shape index (κ3) is 2.03. The van der Waals surface area contributed by atoms with Gasteiger partial charge in [0.1, 0.15) is 0 Å². The molecule has 4 aliphatic carbocycles. The van der Waals surface area contributed by atoms with Gasteiger partial charge < -0.3 is 5.73 Å². The highest BCUT2D eigenvalue weighted by Crippen LogP contribution is 2.61. The van der Waals surface area contributed by atoms with Gasteiger partial charge >= 0.3 is 0 Å². The van der Waals surface area contributed by atoms with E-state index in [1.54, 1.807) is 38.5 Å². The number of nitrogens with two attached hydrogens (primary N) is 1. The van der Waals surface area contributed by atoms with Gasteiger partial charge in [-0.25, -0.2) is 0 Å². The molecule has 0 atom stereocenters. The summed E-state index contributed by atoms with van der Waals surface area (Å²) in [4.78, 5) is 0. The summed E-state index contributed by atoms with van der Waals surface area (Å²) in [6.45, 7) is 0.890. The largest absolute Gasteiger partial charge is 0.330 e. The monoisotopic (exact) mass is 221 g/mol. The minimum atomic E-state index is 0.809. The lowest BCUT2D eigenvalue weighted by molar-refractivity contribution is -0.0583. The maximum atomic E-state index is 5.58. The molecule has 92 valence electrons. The van der Waals surface area contributed by atoms with E-state index >= 15 is 0 Å². The standard InChI is InChI=1S/C15H27N/c16-5-3-1-2-4-15-9-12-6-13(10-15)8-14(7-12)11-15/h12-14H,1-11,16H2. The molecular formula is C15H27N. The zero-order chi connectivity index (χ0) is 11.0. The summed E-state index contributed by atoms with van der Waals surface area (Å²) in [7, 11) is 0. The topological polar surface area (TPSA) is 26.0 Å². The van der Waals surface area contributed by atoms with Crippen molar-refractivity contribution in [3.05, 3.63) is 0 Å². The summed E-state index contributed by atoms with van der Waals surface area (Å²) in [5.74, 6) is 3.38. The zero-order valence-electron chi connectivity index (χ0n) is 10.6. The number of hydrogen-bond donors (Lipinski definition) is 1. The first-order valence-corrected chi connectivity index (χ1v) is 7.50. The molecule has 0 aromatic rings. The van der Waals surface area contributed by atoms with Gasteiger partial charge in [0, 0.05) is 0 Å². The van der Waals surface area contributed by atoms with Gasteiger partial charge in [0.2, 0.25) is 0 Å². The number of hydrogen-bond acceptors (Lipinski definition) is 1. The Balaban J connectivity index is 1.56. The quantitative estimate of drug-likeness (QED) is 0.703. The van der Waals surface area contributed by atoms with E-state index in [4.69, 9.17) is 5.73 Å². The van der Waals surface area contributed by atoms with Crippen LogP contribution in [0.1, 0.15) is 64.2 Å². The third-order valence-corrected chi connectivity index (χ3v) is 5.58. The molecule has 4 saturated carbocycles. The molecule has 1 nitrogen and oxygen atoms in total. The molecule has 4 fully saturated rings. The van der Waals surface area contributed by atoms with Crippen molar-refractivity contribution in [1.82, 2.24) is 0 Å². The Morgan fingerprint density at radius 1 is 0.812 bits per heavy atom. The van der Waals surface area contributed by atoms with Gasteiger partial charge in [0.25, 0.3) is 0 Å². The van der Waals surface area contributed by atoms with E-state index in [9.17, 15) is 0 Å². The van der Waals surface area contributed by atoms with E-state index < -0.39 is 0 Å². The van der Waals surface area contributed by atoms with Crippen LogP contribution >= 0.6 is 0 Å². The van der Waals surface area contributed by atoms with Gasteiger partial charge in [0.15, 0.2) is 0 Å². The Bertz CT molecular complexity index is 211. The molecule has 0 amide bonds. The smallest absolute Gasteiger partial charge is 0.00773 e. The van der Waals surface area contributed by atoms with E-state index in [0.29, 0.717) is 0 Å². The molecule has 0 aliphatic heterocycles. The third-order valence-electron chi connectivity index (χ3n) is 5.58. The van der Waals surface area contributed by atoms with Crippen molar-refractivity contribution in [3.8, 4) is 0 Å². The first-order chi connectivity index (χ1) is 7.80. The summed E-state index contributed by atoms with van der Waals surface area (Å²) in [5.41, 5.74) is 6.38. The Kier molecular flexibility index (Phi) is 2.99. The number of unbranched alkanes of at least 4 members (excludes halogenated alkanes) is 2. The summed E-state index contributed by atoms with van der Waals surface area (Å²) in [6.07, 6.45) is 15.1. The SMILES string of the molecule is NCCCCCC12CC3CC(CC(C3)C1)C2. The molecular weight excluding hydrogens is 194 g/mol. The second-order valence-corrected chi connectivity index (χ2v) is 7.02. The normalized spacial score (nSPS) is 45.2. The molecule has 0 aromatic carbocycles. The van der Waals surface area contributed by atoms with Gasteiger partial charge in [0.05, 0.1) is 0 Å². The molecule has 1 heteroatoms. The minimum Gasteiger partial charge on any atom is -0.330 e. The van der Waals surface area contributed by atoms with E-state index in [1.165, 1.54) is 25.7 Å². The predicted octanol–water partition coefficient (Wildman–Crippen LogP) is 3.72. The van der Waals surface area contributed by atoms with E-state index in [0.717, 1.165) is 29.7 Å². The number of rotatable bonds is 5. The van der Waals surface area contributed by atoms with E-state index in [2.05, 4.69) is 0 Å². The molecule has 0 saturated heterocycles. The highest BCUT2D eigenvalue weighted by atomic mass is 14.6. The Hall–Kier alpha value is -0.0400.